The SMILES string of the molecule is CCCCCCCCCCCCCCCCCCNC(CC)C(=O)O. The summed E-state index contributed by atoms with van der Waals surface area (Å²) in [5.74, 6) is -0.723. The lowest BCUT2D eigenvalue weighted by atomic mass is 10.0. The fourth-order valence-corrected chi connectivity index (χ4v) is 3.36. The molecule has 0 aromatic heterocycles. The lowest BCUT2D eigenvalue weighted by Gasteiger charge is -2.11. The first-order chi connectivity index (χ1) is 12.2. The minimum Gasteiger partial charge on any atom is -0.480 e. The van der Waals surface area contributed by atoms with E-state index >= 15 is 0 Å². The molecule has 1 atom stereocenters. The van der Waals surface area contributed by atoms with Crippen LogP contribution in [0.3, 0.4) is 0 Å². The summed E-state index contributed by atoms with van der Waals surface area (Å²) in [4.78, 5) is 10.9. The molecule has 150 valence electrons. The molecule has 3 nitrogen and oxygen atoms in total. The standard InChI is InChI=1S/C22H45NO2/c1-3-5-6-7-8-9-10-11-12-13-14-15-16-17-18-19-20-23-21(4-2)22(24)25/h21,23H,3-20H2,1-2H3,(H,24,25). The van der Waals surface area contributed by atoms with Crippen LogP contribution in [0.4, 0.5) is 0 Å². The average Bonchev–Trinajstić information content (AvgIpc) is 2.60. The van der Waals surface area contributed by atoms with Crippen LogP contribution >= 0.6 is 0 Å². The summed E-state index contributed by atoms with van der Waals surface area (Å²) in [7, 11) is 0. The van der Waals surface area contributed by atoms with Gasteiger partial charge in [-0.3, -0.25) is 4.79 Å². The van der Waals surface area contributed by atoms with Gasteiger partial charge in [-0.25, -0.2) is 0 Å². The van der Waals surface area contributed by atoms with Crippen molar-refractivity contribution in [3.63, 3.8) is 0 Å². The number of hydrogen-bond acceptors (Lipinski definition) is 2. The van der Waals surface area contributed by atoms with Crippen molar-refractivity contribution in [1.29, 1.82) is 0 Å². The monoisotopic (exact) mass is 355 g/mol. The van der Waals surface area contributed by atoms with E-state index in [1.807, 2.05) is 6.92 Å². The molecule has 1 unspecified atom stereocenters. The quantitative estimate of drug-likeness (QED) is 0.239. The van der Waals surface area contributed by atoms with Crippen molar-refractivity contribution in [3.8, 4) is 0 Å². The zero-order valence-electron chi connectivity index (χ0n) is 17.2. The van der Waals surface area contributed by atoms with E-state index in [-0.39, 0.29) is 6.04 Å². The fourth-order valence-electron chi connectivity index (χ4n) is 3.36. The smallest absolute Gasteiger partial charge is 0.320 e. The predicted octanol–water partition coefficient (Wildman–Crippen LogP) is 6.70. The number of aliphatic carboxylic acids is 1. The number of carbonyl (C=O) groups is 1. The number of rotatable bonds is 20. The summed E-state index contributed by atoms with van der Waals surface area (Å²) in [6.07, 6.45) is 22.6. The highest BCUT2D eigenvalue weighted by molar-refractivity contribution is 5.73. The Morgan fingerprint density at radius 2 is 1.04 bits per heavy atom. The Balaban J connectivity index is 3.11. The van der Waals surface area contributed by atoms with Gasteiger partial charge in [0.05, 0.1) is 0 Å². The van der Waals surface area contributed by atoms with Crippen molar-refractivity contribution in [2.24, 2.45) is 0 Å². The van der Waals surface area contributed by atoms with Crippen LogP contribution in [0.25, 0.3) is 0 Å². The zero-order chi connectivity index (χ0) is 18.6. The maximum Gasteiger partial charge on any atom is 0.320 e. The molecule has 0 saturated heterocycles. The highest BCUT2D eigenvalue weighted by Gasteiger charge is 2.12. The van der Waals surface area contributed by atoms with Crippen LogP contribution in [-0.4, -0.2) is 23.7 Å². The van der Waals surface area contributed by atoms with Gasteiger partial charge in [-0.1, -0.05) is 110 Å². The number of carboxylic acid groups (broad SMARTS) is 1. The van der Waals surface area contributed by atoms with Crippen molar-refractivity contribution >= 4 is 5.97 Å². The molecule has 0 aliphatic carbocycles. The normalized spacial score (nSPS) is 12.4. The molecule has 0 fully saturated rings. The molecule has 0 saturated carbocycles. The highest BCUT2D eigenvalue weighted by Crippen LogP contribution is 2.13. The van der Waals surface area contributed by atoms with E-state index in [0.29, 0.717) is 6.42 Å². The Labute approximate surface area is 157 Å². The first-order valence-electron chi connectivity index (χ1n) is 11.2. The van der Waals surface area contributed by atoms with Gasteiger partial charge in [0, 0.05) is 0 Å². The summed E-state index contributed by atoms with van der Waals surface area (Å²) < 4.78 is 0. The largest absolute Gasteiger partial charge is 0.480 e. The average molecular weight is 356 g/mol. The Kier molecular flexibility index (Phi) is 19.3. The van der Waals surface area contributed by atoms with Gasteiger partial charge in [0.2, 0.25) is 0 Å². The van der Waals surface area contributed by atoms with E-state index in [9.17, 15) is 4.79 Å². The van der Waals surface area contributed by atoms with Crippen molar-refractivity contribution < 1.29 is 9.90 Å². The first kappa shape index (κ1) is 24.4. The van der Waals surface area contributed by atoms with Crippen molar-refractivity contribution in [2.45, 2.75) is 129 Å². The third-order valence-electron chi connectivity index (χ3n) is 5.13. The molecule has 0 aliphatic heterocycles. The minimum absolute atomic E-state index is 0.364. The van der Waals surface area contributed by atoms with E-state index in [4.69, 9.17) is 5.11 Å². The molecule has 0 spiro atoms. The predicted molar refractivity (Wildman–Crippen MR) is 109 cm³/mol. The second-order valence-corrected chi connectivity index (χ2v) is 7.56. The van der Waals surface area contributed by atoms with E-state index in [2.05, 4.69) is 12.2 Å². The molecule has 0 radical (unpaired) electrons. The maximum absolute atomic E-state index is 10.9. The third kappa shape index (κ3) is 18.0. The van der Waals surface area contributed by atoms with Crippen LogP contribution in [0.5, 0.6) is 0 Å². The van der Waals surface area contributed by atoms with E-state index in [1.54, 1.807) is 0 Å². The number of hydrogen-bond donors (Lipinski definition) is 2. The van der Waals surface area contributed by atoms with E-state index < -0.39 is 5.97 Å². The van der Waals surface area contributed by atoms with Crippen molar-refractivity contribution in [2.75, 3.05) is 6.54 Å². The van der Waals surface area contributed by atoms with Gasteiger partial charge < -0.3 is 10.4 Å². The van der Waals surface area contributed by atoms with Gasteiger partial charge in [0.15, 0.2) is 0 Å². The number of nitrogens with one attached hydrogen (secondary N) is 1. The highest BCUT2D eigenvalue weighted by atomic mass is 16.4. The summed E-state index contributed by atoms with van der Waals surface area (Å²) in [5, 5.41) is 12.1. The molecule has 0 amide bonds. The molecule has 0 aliphatic rings. The van der Waals surface area contributed by atoms with Gasteiger partial charge in [-0.05, 0) is 19.4 Å². The minimum atomic E-state index is -0.723. The molecule has 0 bridgehead atoms. The van der Waals surface area contributed by atoms with Crippen LogP contribution in [0, 0.1) is 0 Å². The van der Waals surface area contributed by atoms with Crippen LogP contribution in [0.2, 0.25) is 0 Å². The molecule has 0 rings (SSSR count). The Morgan fingerprint density at radius 3 is 1.36 bits per heavy atom. The van der Waals surface area contributed by atoms with Crippen LogP contribution in [0.15, 0.2) is 0 Å². The number of carboxylic acids is 1. The van der Waals surface area contributed by atoms with Crippen LogP contribution < -0.4 is 5.32 Å². The van der Waals surface area contributed by atoms with Gasteiger partial charge in [0.25, 0.3) is 0 Å². The van der Waals surface area contributed by atoms with Gasteiger partial charge in [0.1, 0.15) is 6.04 Å². The summed E-state index contributed by atoms with van der Waals surface area (Å²) in [6.45, 7) is 5.03. The summed E-state index contributed by atoms with van der Waals surface area (Å²) >= 11 is 0. The van der Waals surface area contributed by atoms with Crippen molar-refractivity contribution in [1.82, 2.24) is 5.32 Å². The molecular formula is C22H45NO2. The summed E-state index contributed by atoms with van der Waals surface area (Å²) in [6, 6.07) is -0.364. The number of unbranched alkanes of at least 4 members (excludes halogenated alkanes) is 15. The van der Waals surface area contributed by atoms with E-state index in [0.717, 1.165) is 13.0 Å². The molecule has 25 heavy (non-hydrogen) atoms. The lowest BCUT2D eigenvalue weighted by Crippen LogP contribution is -2.36. The lowest BCUT2D eigenvalue weighted by molar-refractivity contribution is -0.139. The Morgan fingerprint density at radius 1 is 0.680 bits per heavy atom. The Hall–Kier alpha value is -0.570. The fraction of sp³-hybridized carbons (Fsp3) is 0.955. The molecule has 3 heteroatoms. The van der Waals surface area contributed by atoms with Crippen LogP contribution in [0.1, 0.15) is 123 Å². The topological polar surface area (TPSA) is 49.3 Å². The molecule has 0 heterocycles. The van der Waals surface area contributed by atoms with Gasteiger partial charge >= 0.3 is 5.97 Å². The summed E-state index contributed by atoms with van der Waals surface area (Å²) in [5.41, 5.74) is 0. The van der Waals surface area contributed by atoms with E-state index in [1.165, 1.54) is 96.3 Å². The zero-order valence-corrected chi connectivity index (χ0v) is 17.2. The molecule has 0 aromatic carbocycles. The second kappa shape index (κ2) is 19.8. The molecule has 0 aromatic rings. The second-order valence-electron chi connectivity index (χ2n) is 7.56. The van der Waals surface area contributed by atoms with Crippen LogP contribution in [-0.2, 0) is 4.79 Å². The van der Waals surface area contributed by atoms with Gasteiger partial charge in [-0.2, -0.15) is 0 Å². The van der Waals surface area contributed by atoms with Crippen molar-refractivity contribution in [3.05, 3.63) is 0 Å². The first-order valence-corrected chi connectivity index (χ1v) is 11.2. The van der Waals surface area contributed by atoms with Gasteiger partial charge in [-0.15, -0.1) is 0 Å². The maximum atomic E-state index is 10.9. The Bertz CT molecular complexity index is 281. The molecular weight excluding hydrogens is 310 g/mol. The third-order valence-corrected chi connectivity index (χ3v) is 5.13. The molecule has 2 N–H and O–H groups in total.